The van der Waals surface area contributed by atoms with E-state index in [9.17, 15) is 8.42 Å². The summed E-state index contributed by atoms with van der Waals surface area (Å²) in [5.41, 5.74) is -0.876. The van der Waals surface area contributed by atoms with Gasteiger partial charge in [-0.2, -0.15) is 0 Å². The van der Waals surface area contributed by atoms with E-state index in [2.05, 4.69) is 9.71 Å². The number of sulfonamides is 1. The molecule has 1 rings (SSSR count). The fraction of sp³-hybridized carbons (Fsp3) is 0.625. The molecule has 1 N–H and O–H groups in total. The molecule has 0 saturated heterocycles. The van der Waals surface area contributed by atoms with Gasteiger partial charge in [-0.15, -0.1) is 23.2 Å². The first kappa shape index (κ1) is 13.8. The van der Waals surface area contributed by atoms with Crippen LogP contribution < -0.4 is 4.72 Å². The van der Waals surface area contributed by atoms with Crippen LogP contribution in [0.25, 0.3) is 0 Å². The molecule has 0 spiro atoms. The molecule has 0 bridgehead atoms. The van der Waals surface area contributed by atoms with Crippen LogP contribution in [0.1, 0.15) is 6.92 Å². The van der Waals surface area contributed by atoms with E-state index >= 15 is 0 Å². The van der Waals surface area contributed by atoms with E-state index in [0.717, 1.165) is 0 Å². The number of nitrogens with zero attached hydrogens (tertiary/aromatic N) is 2. The number of hydrogen-bond donors (Lipinski definition) is 1. The van der Waals surface area contributed by atoms with Gasteiger partial charge in [0.1, 0.15) is 0 Å². The van der Waals surface area contributed by atoms with Gasteiger partial charge in [0.05, 0.1) is 11.9 Å². The summed E-state index contributed by atoms with van der Waals surface area (Å²) in [6.45, 7) is 1.63. The highest BCUT2D eigenvalue weighted by Crippen LogP contribution is 2.14. The van der Waals surface area contributed by atoms with Crippen LogP contribution in [0.4, 0.5) is 0 Å². The summed E-state index contributed by atoms with van der Waals surface area (Å²) in [6.07, 6.45) is 2.82. The minimum absolute atomic E-state index is 0.0449. The first-order valence-corrected chi connectivity index (χ1v) is 7.02. The van der Waals surface area contributed by atoms with Crippen LogP contribution in [0.2, 0.25) is 0 Å². The second kappa shape index (κ2) is 4.91. The van der Waals surface area contributed by atoms with Crippen molar-refractivity contribution in [2.75, 3.05) is 11.8 Å². The monoisotopic (exact) mass is 285 g/mol. The number of aryl methyl sites for hydroxylation is 1. The summed E-state index contributed by atoms with van der Waals surface area (Å²) >= 11 is 11.3. The van der Waals surface area contributed by atoms with E-state index in [0.29, 0.717) is 0 Å². The molecule has 0 aliphatic heterocycles. The number of aromatic nitrogens is 2. The van der Waals surface area contributed by atoms with Crippen LogP contribution in [0.3, 0.4) is 0 Å². The van der Waals surface area contributed by atoms with Crippen molar-refractivity contribution in [3.8, 4) is 0 Å². The van der Waals surface area contributed by atoms with Crippen molar-refractivity contribution in [2.45, 2.75) is 17.5 Å². The number of halogens is 2. The highest BCUT2D eigenvalue weighted by molar-refractivity contribution is 7.89. The fourth-order valence-corrected chi connectivity index (χ4v) is 2.96. The normalized spacial score (nSPS) is 13.0. The molecule has 0 radical (unpaired) electrons. The number of alkyl halides is 2. The Morgan fingerprint density at radius 2 is 2.06 bits per heavy atom. The maximum Gasteiger partial charge on any atom is 0.260 e. The lowest BCUT2D eigenvalue weighted by Gasteiger charge is -2.24. The third kappa shape index (κ3) is 3.10. The molecule has 1 aromatic heterocycles. The Balaban J connectivity index is 2.96. The Labute approximate surface area is 105 Å². The topological polar surface area (TPSA) is 64.0 Å². The number of imidazole rings is 1. The van der Waals surface area contributed by atoms with Crippen molar-refractivity contribution in [2.24, 2.45) is 7.05 Å². The number of rotatable bonds is 5. The van der Waals surface area contributed by atoms with Crippen molar-refractivity contribution in [3.05, 3.63) is 12.5 Å². The van der Waals surface area contributed by atoms with Gasteiger partial charge in [-0.05, 0) is 6.92 Å². The van der Waals surface area contributed by atoms with Gasteiger partial charge in [0.15, 0.2) is 5.03 Å². The molecule has 1 aromatic rings. The molecule has 0 saturated carbocycles. The highest BCUT2D eigenvalue weighted by atomic mass is 35.5. The van der Waals surface area contributed by atoms with Crippen molar-refractivity contribution >= 4 is 33.2 Å². The molecule has 8 heteroatoms. The van der Waals surface area contributed by atoms with Crippen molar-refractivity contribution in [1.82, 2.24) is 14.3 Å². The largest absolute Gasteiger partial charge is 0.339 e. The quantitative estimate of drug-likeness (QED) is 0.819. The SMILES string of the molecule is Cn1cnc(S(=O)(=O)NC(C)(CCl)CCl)c1. The van der Waals surface area contributed by atoms with Gasteiger partial charge in [-0.1, -0.05) is 0 Å². The summed E-state index contributed by atoms with van der Waals surface area (Å²) in [6, 6.07) is 0. The van der Waals surface area contributed by atoms with Crippen LogP contribution in [0, 0.1) is 0 Å². The van der Waals surface area contributed by atoms with Gasteiger partial charge in [-0.25, -0.2) is 18.1 Å². The Hall–Kier alpha value is -0.300. The van der Waals surface area contributed by atoms with E-state index in [1.165, 1.54) is 12.5 Å². The third-order valence-electron chi connectivity index (χ3n) is 1.93. The molecular weight excluding hydrogens is 273 g/mol. The molecule has 1 heterocycles. The summed E-state index contributed by atoms with van der Waals surface area (Å²) in [5.74, 6) is 0.172. The van der Waals surface area contributed by atoms with Crippen LogP contribution in [0.5, 0.6) is 0 Å². The van der Waals surface area contributed by atoms with E-state index in [1.54, 1.807) is 18.5 Å². The maximum atomic E-state index is 11.9. The Kier molecular flexibility index (Phi) is 4.23. The first-order valence-electron chi connectivity index (χ1n) is 4.47. The minimum Gasteiger partial charge on any atom is -0.339 e. The molecule has 16 heavy (non-hydrogen) atoms. The molecule has 5 nitrogen and oxygen atoms in total. The smallest absolute Gasteiger partial charge is 0.260 e. The predicted molar refractivity (Wildman–Crippen MR) is 63.4 cm³/mol. The molecule has 0 aliphatic rings. The van der Waals surface area contributed by atoms with E-state index in [1.807, 2.05) is 0 Å². The Bertz CT molecular complexity index is 454. The zero-order chi connectivity index (χ0) is 12.4. The van der Waals surface area contributed by atoms with Gasteiger partial charge >= 0.3 is 0 Å². The molecular formula is C8H13Cl2N3O2S. The van der Waals surface area contributed by atoms with E-state index < -0.39 is 15.6 Å². The molecule has 0 atom stereocenters. The molecule has 0 amide bonds. The zero-order valence-electron chi connectivity index (χ0n) is 8.94. The molecule has 0 aromatic carbocycles. The molecule has 0 aliphatic carbocycles. The average molecular weight is 286 g/mol. The first-order chi connectivity index (χ1) is 7.33. The third-order valence-corrected chi connectivity index (χ3v) is 4.63. The van der Waals surface area contributed by atoms with Gasteiger partial charge in [0, 0.05) is 25.0 Å². The highest BCUT2D eigenvalue weighted by Gasteiger charge is 2.30. The van der Waals surface area contributed by atoms with Gasteiger partial charge in [-0.3, -0.25) is 0 Å². The second-order valence-corrected chi connectivity index (χ2v) is 5.97. The van der Waals surface area contributed by atoms with Gasteiger partial charge in [0.25, 0.3) is 10.0 Å². The van der Waals surface area contributed by atoms with Gasteiger partial charge in [0.2, 0.25) is 0 Å². The minimum atomic E-state index is -3.67. The summed E-state index contributed by atoms with van der Waals surface area (Å²) in [7, 11) is -1.98. The summed E-state index contributed by atoms with van der Waals surface area (Å²) < 4.78 is 27.7. The standard InChI is InChI=1S/C8H13Cl2N3O2S/c1-8(4-9,5-10)12-16(14,15)7-3-13(2)6-11-7/h3,6,12H,4-5H2,1-2H3. The lowest BCUT2D eigenvalue weighted by molar-refractivity contribution is 0.498. The fourth-order valence-electron chi connectivity index (χ4n) is 0.995. The van der Waals surface area contributed by atoms with Crippen LogP contribution in [-0.4, -0.2) is 35.3 Å². The maximum absolute atomic E-state index is 11.9. The predicted octanol–water partition coefficient (Wildman–Crippen LogP) is 0.935. The second-order valence-electron chi connectivity index (χ2n) is 3.81. The van der Waals surface area contributed by atoms with Crippen LogP contribution in [0.15, 0.2) is 17.6 Å². The number of nitrogens with one attached hydrogen (secondary N) is 1. The molecule has 0 unspecified atom stereocenters. The van der Waals surface area contributed by atoms with Crippen molar-refractivity contribution in [1.29, 1.82) is 0 Å². The lowest BCUT2D eigenvalue weighted by Crippen LogP contribution is -2.49. The van der Waals surface area contributed by atoms with Gasteiger partial charge < -0.3 is 4.57 Å². The van der Waals surface area contributed by atoms with Crippen LogP contribution >= 0.6 is 23.2 Å². The van der Waals surface area contributed by atoms with E-state index in [-0.39, 0.29) is 16.8 Å². The zero-order valence-corrected chi connectivity index (χ0v) is 11.3. The van der Waals surface area contributed by atoms with E-state index in [4.69, 9.17) is 23.2 Å². The van der Waals surface area contributed by atoms with Crippen molar-refractivity contribution in [3.63, 3.8) is 0 Å². The van der Waals surface area contributed by atoms with Crippen LogP contribution in [-0.2, 0) is 17.1 Å². The summed E-state index contributed by atoms with van der Waals surface area (Å²) in [4.78, 5) is 3.77. The molecule has 0 fully saturated rings. The number of hydrogen-bond acceptors (Lipinski definition) is 3. The lowest BCUT2D eigenvalue weighted by atomic mass is 10.1. The average Bonchev–Trinajstić information content (AvgIpc) is 2.65. The summed E-state index contributed by atoms with van der Waals surface area (Å²) in [5, 5.41) is -0.0449. The Morgan fingerprint density at radius 3 is 2.44 bits per heavy atom. The van der Waals surface area contributed by atoms with Crippen molar-refractivity contribution < 1.29 is 8.42 Å². The Morgan fingerprint density at radius 1 is 1.50 bits per heavy atom. The molecule has 92 valence electrons.